The zero-order chi connectivity index (χ0) is 13.7. The largest absolute Gasteiger partial charge is 0.497 e. The van der Waals surface area contributed by atoms with Gasteiger partial charge in [0.2, 0.25) is 0 Å². The molecule has 0 aliphatic rings. The highest BCUT2D eigenvalue weighted by molar-refractivity contribution is 5.68. The number of methoxy groups -OCH3 is 1. The van der Waals surface area contributed by atoms with Gasteiger partial charge in [-0.25, -0.2) is 0 Å². The van der Waals surface area contributed by atoms with E-state index in [4.69, 9.17) is 10.00 Å². The van der Waals surface area contributed by atoms with Gasteiger partial charge in [0.1, 0.15) is 5.75 Å². The van der Waals surface area contributed by atoms with Crippen molar-refractivity contribution >= 4 is 0 Å². The highest BCUT2D eigenvalue weighted by Crippen LogP contribution is 2.27. The molecule has 0 fully saturated rings. The van der Waals surface area contributed by atoms with Gasteiger partial charge in [-0.15, -0.1) is 0 Å². The molecule has 0 radical (unpaired) electrons. The van der Waals surface area contributed by atoms with E-state index in [0.29, 0.717) is 6.42 Å². The molecule has 96 valence electrons. The van der Waals surface area contributed by atoms with E-state index in [0.717, 1.165) is 17.7 Å². The highest BCUT2D eigenvalue weighted by atomic mass is 16.5. The first-order chi connectivity index (χ1) is 9.28. The van der Waals surface area contributed by atoms with Crippen molar-refractivity contribution in [3.05, 3.63) is 53.6 Å². The average molecular weight is 251 g/mol. The van der Waals surface area contributed by atoms with Crippen molar-refractivity contribution in [1.82, 2.24) is 0 Å². The number of benzene rings is 2. The number of aryl methyl sites for hydroxylation is 1. The highest BCUT2D eigenvalue weighted by Gasteiger charge is 2.05. The maximum atomic E-state index is 8.76. The minimum Gasteiger partial charge on any atom is -0.497 e. The van der Waals surface area contributed by atoms with Crippen molar-refractivity contribution in [2.75, 3.05) is 7.11 Å². The Labute approximate surface area is 114 Å². The molecule has 0 saturated carbocycles. The van der Waals surface area contributed by atoms with Crippen LogP contribution in [-0.4, -0.2) is 7.11 Å². The number of hydrogen-bond acceptors (Lipinski definition) is 2. The molecule has 0 aliphatic heterocycles. The zero-order valence-electron chi connectivity index (χ0n) is 11.3. The third-order valence-corrected chi connectivity index (χ3v) is 3.23. The van der Waals surface area contributed by atoms with Gasteiger partial charge in [0.25, 0.3) is 0 Å². The van der Waals surface area contributed by atoms with Gasteiger partial charge in [0.05, 0.1) is 19.6 Å². The van der Waals surface area contributed by atoms with E-state index in [2.05, 4.69) is 37.3 Å². The van der Waals surface area contributed by atoms with Crippen molar-refractivity contribution in [3.8, 4) is 22.9 Å². The molecule has 2 rings (SSSR count). The Kier molecular flexibility index (Phi) is 4.20. The molecule has 0 amide bonds. The van der Waals surface area contributed by atoms with Gasteiger partial charge in [-0.2, -0.15) is 5.26 Å². The summed E-state index contributed by atoms with van der Waals surface area (Å²) in [6.45, 7) is 2.14. The van der Waals surface area contributed by atoms with Crippen molar-refractivity contribution < 1.29 is 4.74 Å². The lowest BCUT2D eigenvalue weighted by atomic mass is 9.95. The minimum absolute atomic E-state index is 0.468. The fraction of sp³-hybridized carbons (Fsp3) is 0.235. The molecule has 0 heterocycles. The Balaban J connectivity index is 2.40. The van der Waals surface area contributed by atoms with Crippen LogP contribution in [0.5, 0.6) is 5.75 Å². The van der Waals surface area contributed by atoms with Crippen LogP contribution in [0.3, 0.4) is 0 Å². The van der Waals surface area contributed by atoms with Crippen molar-refractivity contribution in [2.45, 2.75) is 19.8 Å². The van der Waals surface area contributed by atoms with Gasteiger partial charge in [-0.05, 0) is 40.8 Å². The number of nitriles is 1. The fourth-order valence-corrected chi connectivity index (χ4v) is 2.19. The first kappa shape index (κ1) is 13.2. The summed E-state index contributed by atoms with van der Waals surface area (Å²) in [5.74, 6) is 0.864. The quantitative estimate of drug-likeness (QED) is 0.823. The summed E-state index contributed by atoms with van der Waals surface area (Å²) < 4.78 is 5.18. The molecule has 2 nitrogen and oxygen atoms in total. The third kappa shape index (κ3) is 2.95. The molecule has 2 aromatic rings. The van der Waals surface area contributed by atoms with Gasteiger partial charge in [-0.1, -0.05) is 37.3 Å². The molecule has 19 heavy (non-hydrogen) atoms. The molecule has 0 atom stereocenters. The van der Waals surface area contributed by atoms with Crippen LogP contribution in [0.25, 0.3) is 11.1 Å². The Bertz CT molecular complexity index is 594. The summed E-state index contributed by atoms with van der Waals surface area (Å²) in [6, 6.07) is 16.5. The lowest BCUT2D eigenvalue weighted by Crippen LogP contribution is -1.91. The second kappa shape index (κ2) is 6.06. The number of hydrogen-bond donors (Lipinski definition) is 0. The van der Waals surface area contributed by atoms with E-state index < -0.39 is 0 Å². The summed E-state index contributed by atoms with van der Waals surface area (Å²) in [5, 5.41) is 8.76. The second-order valence-electron chi connectivity index (χ2n) is 4.41. The van der Waals surface area contributed by atoms with Crippen molar-refractivity contribution in [2.24, 2.45) is 0 Å². The van der Waals surface area contributed by atoms with Crippen molar-refractivity contribution in [3.63, 3.8) is 0 Å². The van der Waals surface area contributed by atoms with Gasteiger partial charge >= 0.3 is 0 Å². The summed E-state index contributed by atoms with van der Waals surface area (Å²) >= 11 is 0. The van der Waals surface area contributed by atoms with Gasteiger partial charge < -0.3 is 4.74 Å². The maximum absolute atomic E-state index is 8.76. The normalized spacial score (nSPS) is 9.95. The van der Waals surface area contributed by atoms with Crippen LogP contribution in [0.4, 0.5) is 0 Å². The monoisotopic (exact) mass is 251 g/mol. The molecular weight excluding hydrogens is 234 g/mol. The topological polar surface area (TPSA) is 33.0 Å². The summed E-state index contributed by atoms with van der Waals surface area (Å²) in [7, 11) is 1.67. The average Bonchev–Trinajstić information content (AvgIpc) is 2.47. The Hall–Kier alpha value is -2.27. The zero-order valence-corrected chi connectivity index (χ0v) is 11.3. The van der Waals surface area contributed by atoms with Crippen LogP contribution >= 0.6 is 0 Å². The van der Waals surface area contributed by atoms with E-state index in [1.54, 1.807) is 7.11 Å². The SMILES string of the molecule is CCc1cc(CC#N)ccc1-c1ccc(OC)cc1. The van der Waals surface area contributed by atoms with Gasteiger partial charge in [0, 0.05) is 0 Å². The molecule has 0 N–H and O–H groups in total. The first-order valence-corrected chi connectivity index (χ1v) is 6.41. The molecule has 2 heteroatoms. The molecule has 0 aromatic heterocycles. The number of nitrogens with zero attached hydrogens (tertiary/aromatic N) is 1. The smallest absolute Gasteiger partial charge is 0.118 e. The van der Waals surface area contributed by atoms with Crippen LogP contribution in [0, 0.1) is 11.3 Å². The fourth-order valence-electron chi connectivity index (χ4n) is 2.19. The number of ether oxygens (including phenoxy) is 1. The Morgan fingerprint density at radius 3 is 2.42 bits per heavy atom. The van der Waals surface area contributed by atoms with Crippen LogP contribution in [0.2, 0.25) is 0 Å². The molecule has 0 unspecified atom stereocenters. The second-order valence-corrected chi connectivity index (χ2v) is 4.41. The Morgan fingerprint density at radius 2 is 1.84 bits per heavy atom. The molecule has 2 aromatic carbocycles. The first-order valence-electron chi connectivity index (χ1n) is 6.41. The molecule has 0 bridgehead atoms. The molecular formula is C17H17NO. The van der Waals surface area contributed by atoms with E-state index >= 15 is 0 Å². The van der Waals surface area contributed by atoms with Gasteiger partial charge in [0.15, 0.2) is 0 Å². The van der Waals surface area contributed by atoms with E-state index in [-0.39, 0.29) is 0 Å². The molecule has 0 aliphatic carbocycles. The molecule has 0 saturated heterocycles. The standard InChI is InChI=1S/C17H17NO/c1-3-14-12-13(10-11-18)4-9-17(14)15-5-7-16(19-2)8-6-15/h4-9,12H,3,10H2,1-2H3. The van der Waals surface area contributed by atoms with Crippen molar-refractivity contribution in [1.29, 1.82) is 5.26 Å². The van der Waals surface area contributed by atoms with E-state index in [1.807, 2.05) is 18.2 Å². The maximum Gasteiger partial charge on any atom is 0.118 e. The van der Waals surface area contributed by atoms with Crippen LogP contribution < -0.4 is 4.74 Å². The predicted octanol–water partition coefficient (Wildman–Crippen LogP) is 3.99. The van der Waals surface area contributed by atoms with Crippen LogP contribution in [-0.2, 0) is 12.8 Å². The number of rotatable bonds is 4. The minimum atomic E-state index is 0.468. The molecule has 0 spiro atoms. The lowest BCUT2D eigenvalue weighted by Gasteiger charge is -2.10. The third-order valence-electron chi connectivity index (χ3n) is 3.23. The summed E-state index contributed by atoms with van der Waals surface area (Å²) in [6.07, 6.45) is 1.43. The Morgan fingerprint density at radius 1 is 1.11 bits per heavy atom. The van der Waals surface area contributed by atoms with Gasteiger partial charge in [-0.3, -0.25) is 0 Å². The predicted molar refractivity (Wildman–Crippen MR) is 77.1 cm³/mol. The lowest BCUT2D eigenvalue weighted by molar-refractivity contribution is 0.415. The van der Waals surface area contributed by atoms with E-state index in [1.165, 1.54) is 16.7 Å². The van der Waals surface area contributed by atoms with E-state index in [9.17, 15) is 0 Å². The summed E-state index contributed by atoms with van der Waals surface area (Å²) in [5.41, 5.74) is 4.77. The summed E-state index contributed by atoms with van der Waals surface area (Å²) in [4.78, 5) is 0. The van der Waals surface area contributed by atoms with Crippen LogP contribution in [0.1, 0.15) is 18.1 Å². The van der Waals surface area contributed by atoms with Crippen LogP contribution in [0.15, 0.2) is 42.5 Å².